The fourth-order valence-electron chi connectivity index (χ4n) is 2.49. The van der Waals surface area contributed by atoms with Crippen molar-refractivity contribution in [2.24, 2.45) is 5.10 Å². The monoisotopic (exact) mass is 440 g/mol. The first-order chi connectivity index (χ1) is 14.1. The average molecular weight is 441 g/mol. The standard InChI is InChI=1S/C17H12ClF3N6O3/c1-8-15(28)26-25-12(24-8)6-27-7-23-14(17(19,20)21)13(16(27)29)30-11-3-9(5-22)2-10(18)4-11/h2-4,7-8H,6H2,1H3,(H,24,25)(H,26,28). The van der Waals surface area contributed by atoms with E-state index in [-0.39, 0.29) is 28.7 Å². The van der Waals surface area contributed by atoms with Crippen molar-refractivity contribution in [1.29, 1.82) is 5.26 Å². The van der Waals surface area contributed by atoms with Crippen LogP contribution in [0.5, 0.6) is 11.5 Å². The van der Waals surface area contributed by atoms with Crippen LogP contribution in [0.25, 0.3) is 0 Å². The molecule has 1 atom stereocenters. The van der Waals surface area contributed by atoms with Crippen LogP contribution in [0.4, 0.5) is 13.2 Å². The first-order valence-electron chi connectivity index (χ1n) is 8.26. The van der Waals surface area contributed by atoms with Crippen LogP contribution in [0.2, 0.25) is 5.02 Å². The Balaban J connectivity index is 2.03. The lowest BCUT2D eigenvalue weighted by Gasteiger charge is -2.21. The number of nitrogens with one attached hydrogen (secondary N) is 2. The number of nitrogens with zero attached hydrogens (tertiary/aromatic N) is 4. The summed E-state index contributed by atoms with van der Waals surface area (Å²) >= 11 is 5.84. The number of carbonyl (C=O) groups is 1. The fourth-order valence-corrected chi connectivity index (χ4v) is 2.72. The number of hydrazone groups is 1. The molecule has 2 heterocycles. The average Bonchev–Trinajstić information content (AvgIpc) is 2.66. The van der Waals surface area contributed by atoms with E-state index in [0.29, 0.717) is 6.33 Å². The van der Waals surface area contributed by atoms with E-state index in [2.05, 4.69) is 20.8 Å². The highest BCUT2D eigenvalue weighted by Gasteiger charge is 2.39. The summed E-state index contributed by atoms with van der Waals surface area (Å²) in [6.07, 6.45) is -4.28. The number of amides is 1. The molecule has 30 heavy (non-hydrogen) atoms. The molecule has 1 unspecified atom stereocenters. The summed E-state index contributed by atoms with van der Waals surface area (Å²) in [7, 11) is 0. The van der Waals surface area contributed by atoms with Crippen molar-refractivity contribution >= 4 is 23.3 Å². The molecule has 13 heteroatoms. The van der Waals surface area contributed by atoms with Crippen LogP contribution in [-0.2, 0) is 17.5 Å². The van der Waals surface area contributed by atoms with Gasteiger partial charge in [0.25, 0.3) is 11.5 Å². The highest BCUT2D eigenvalue weighted by Crippen LogP contribution is 2.35. The lowest BCUT2D eigenvalue weighted by molar-refractivity contribution is -0.142. The molecule has 2 aromatic rings. The first kappa shape index (κ1) is 21.1. The Labute approximate surface area is 171 Å². The molecule has 0 saturated carbocycles. The number of hydrogen-bond donors (Lipinski definition) is 2. The van der Waals surface area contributed by atoms with Gasteiger partial charge in [0.1, 0.15) is 17.6 Å². The number of amidine groups is 1. The lowest BCUT2D eigenvalue weighted by Crippen LogP contribution is -2.50. The van der Waals surface area contributed by atoms with Crippen molar-refractivity contribution < 1.29 is 22.7 Å². The Bertz CT molecular complexity index is 1140. The number of ether oxygens (including phenoxy) is 1. The predicted molar refractivity (Wildman–Crippen MR) is 97.9 cm³/mol. The van der Waals surface area contributed by atoms with Crippen molar-refractivity contribution in [2.45, 2.75) is 25.7 Å². The highest BCUT2D eigenvalue weighted by molar-refractivity contribution is 6.30. The van der Waals surface area contributed by atoms with Crippen LogP contribution in [0.1, 0.15) is 18.2 Å². The van der Waals surface area contributed by atoms with Gasteiger partial charge in [0.05, 0.1) is 24.5 Å². The number of hydrogen-bond acceptors (Lipinski definition) is 7. The van der Waals surface area contributed by atoms with E-state index >= 15 is 0 Å². The topological polar surface area (TPSA) is 121 Å². The van der Waals surface area contributed by atoms with Gasteiger partial charge in [-0.05, 0) is 25.1 Å². The lowest BCUT2D eigenvalue weighted by atomic mass is 10.2. The third-order valence-corrected chi connectivity index (χ3v) is 4.10. The zero-order chi connectivity index (χ0) is 22.1. The summed E-state index contributed by atoms with van der Waals surface area (Å²) < 4.78 is 46.2. The number of aromatic nitrogens is 2. The van der Waals surface area contributed by atoms with Crippen molar-refractivity contribution in [1.82, 2.24) is 20.3 Å². The Hall–Kier alpha value is -3.59. The van der Waals surface area contributed by atoms with Crippen LogP contribution < -0.4 is 21.0 Å². The van der Waals surface area contributed by atoms with Gasteiger partial charge < -0.3 is 10.1 Å². The van der Waals surface area contributed by atoms with Gasteiger partial charge in [0.2, 0.25) is 5.75 Å². The molecule has 1 aliphatic heterocycles. The number of benzene rings is 1. The van der Waals surface area contributed by atoms with E-state index < -0.39 is 35.1 Å². The predicted octanol–water partition coefficient (Wildman–Crippen LogP) is 2.00. The van der Waals surface area contributed by atoms with E-state index in [4.69, 9.17) is 21.6 Å². The molecule has 0 saturated heterocycles. The van der Waals surface area contributed by atoms with Crippen molar-refractivity contribution in [3.63, 3.8) is 0 Å². The molecule has 2 N–H and O–H groups in total. The maximum Gasteiger partial charge on any atom is 0.437 e. The molecule has 0 fully saturated rings. The van der Waals surface area contributed by atoms with E-state index in [1.54, 1.807) is 6.07 Å². The van der Waals surface area contributed by atoms with Crippen LogP contribution >= 0.6 is 11.6 Å². The van der Waals surface area contributed by atoms with Crippen LogP contribution in [0, 0.1) is 11.3 Å². The van der Waals surface area contributed by atoms with E-state index in [0.717, 1.165) is 16.7 Å². The van der Waals surface area contributed by atoms with Crippen LogP contribution in [0.15, 0.2) is 34.4 Å². The zero-order valence-electron chi connectivity index (χ0n) is 15.1. The Kier molecular flexibility index (Phi) is 5.66. The SMILES string of the molecule is CC1NC(Cn2cnc(C(F)(F)F)c(Oc3cc(Cl)cc(C#N)c3)c2=O)=NNC1=O. The van der Waals surface area contributed by atoms with Gasteiger partial charge in [-0.1, -0.05) is 11.6 Å². The van der Waals surface area contributed by atoms with Crippen LogP contribution in [-0.4, -0.2) is 27.3 Å². The van der Waals surface area contributed by atoms with E-state index in [1.165, 1.54) is 13.0 Å². The highest BCUT2D eigenvalue weighted by atomic mass is 35.5. The summed E-state index contributed by atoms with van der Waals surface area (Å²) in [5.74, 6) is -1.61. The molecule has 0 radical (unpaired) electrons. The third-order valence-electron chi connectivity index (χ3n) is 3.88. The molecular formula is C17H12ClF3N6O3. The minimum atomic E-state index is -4.98. The molecule has 1 aromatic carbocycles. The second-order valence-electron chi connectivity index (χ2n) is 6.14. The van der Waals surface area contributed by atoms with Gasteiger partial charge in [0.15, 0.2) is 5.69 Å². The summed E-state index contributed by atoms with van der Waals surface area (Å²) in [4.78, 5) is 27.5. The summed E-state index contributed by atoms with van der Waals surface area (Å²) in [5.41, 5.74) is -0.434. The van der Waals surface area contributed by atoms with E-state index in [9.17, 15) is 22.8 Å². The van der Waals surface area contributed by atoms with Crippen LogP contribution in [0.3, 0.4) is 0 Å². The number of halogens is 4. The number of nitriles is 1. The quantitative estimate of drug-likeness (QED) is 0.750. The molecule has 3 rings (SSSR count). The second kappa shape index (κ2) is 8.03. The van der Waals surface area contributed by atoms with Crippen molar-refractivity contribution in [3.8, 4) is 17.6 Å². The zero-order valence-corrected chi connectivity index (χ0v) is 15.9. The third kappa shape index (κ3) is 4.52. The number of rotatable bonds is 4. The second-order valence-corrected chi connectivity index (χ2v) is 6.58. The summed E-state index contributed by atoms with van der Waals surface area (Å²) in [6.45, 7) is 1.24. The summed E-state index contributed by atoms with van der Waals surface area (Å²) in [5, 5.41) is 15.5. The molecule has 156 valence electrons. The Morgan fingerprint density at radius 2 is 2.07 bits per heavy atom. The van der Waals surface area contributed by atoms with Gasteiger partial charge in [0, 0.05) is 5.02 Å². The molecule has 0 spiro atoms. The number of alkyl halides is 3. The van der Waals surface area contributed by atoms with Gasteiger partial charge in [-0.25, -0.2) is 10.4 Å². The molecular weight excluding hydrogens is 429 g/mol. The smallest absolute Gasteiger partial charge is 0.437 e. The Morgan fingerprint density at radius 1 is 1.33 bits per heavy atom. The van der Waals surface area contributed by atoms with Gasteiger partial charge in [-0.15, -0.1) is 0 Å². The number of carbonyl (C=O) groups excluding carboxylic acids is 1. The van der Waals surface area contributed by atoms with E-state index in [1.807, 2.05) is 0 Å². The molecule has 0 bridgehead atoms. The molecule has 1 aliphatic rings. The maximum atomic E-state index is 13.4. The van der Waals surface area contributed by atoms with Gasteiger partial charge in [-0.2, -0.15) is 23.5 Å². The molecule has 9 nitrogen and oxygen atoms in total. The van der Waals surface area contributed by atoms with Gasteiger partial charge in [-0.3, -0.25) is 14.2 Å². The fraction of sp³-hybridized carbons (Fsp3) is 0.235. The maximum absolute atomic E-state index is 13.4. The largest absolute Gasteiger partial charge is 0.449 e. The minimum absolute atomic E-state index is 0.0285. The van der Waals surface area contributed by atoms with Gasteiger partial charge >= 0.3 is 6.18 Å². The summed E-state index contributed by atoms with van der Waals surface area (Å²) in [6, 6.07) is 4.70. The normalized spacial score (nSPS) is 16.2. The van der Waals surface area contributed by atoms with Crippen molar-refractivity contribution in [3.05, 3.63) is 51.2 Å². The Morgan fingerprint density at radius 3 is 2.70 bits per heavy atom. The molecule has 1 amide bonds. The molecule has 0 aliphatic carbocycles. The van der Waals surface area contributed by atoms with Crippen molar-refractivity contribution in [2.75, 3.05) is 0 Å². The first-order valence-corrected chi connectivity index (χ1v) is 8.64. The minimum Gasteiger partial charge on any atom is -0.449 e. The molecule has 1 aromatic heterocycles.